The van der Waals surface area contributed by atoms with Gasteiger partial charge in [0.1, 0.15) is 0 Å². The summed E-state index contributed by atoms with van der Waals surface area (Å²) in [6, 6.07) is 9.31. The SMILES string of the molecule is O=C(O)C=Cc1ccccc1.[KH]. The number of hydrogen-bond acceptors (Lipinski definition) is 1. The summed E-state index contributed by atoms with van der Waals surface area (Å²) < 4.78 is 0. The predicted octanol–water partition coefficient (Wildman–Crippen LogP) is 1.14. The van der Waals surface area contributed by atoms with E-state index >= 15 is 0 Å². The maximum absolute atomic E-state index is 10.1. The molecule has 0 radical (unpaired) electrons. The van der Waals surface area contributed by atoms with Crippen LogP contribution in [0.2, 0.25) is 0 Å². The van der Waals surface area contributed by atoms with E-state index in [2.05, 4.69) is 0 Å². The average molecular weight is 188 g/mol. The maximum atomic E-state index is 10.1. The minimum atomic E-state index is -0.922. The zero-order valence-corrected chi connectivity index (χ0v) is 5.90. The molecular formula is C9H9KO2. The van der Waals surface area contributed by atoms with Gasteiger partial charge in [0.15, 0.2) is 0 Å². The van der Waals surface area contributed by atoms with Crippen LogP contribution in [0.25, 0.3) is 6.08 Å². The van der Waals surface area contributed by atoms with Crippen molar-refractivity contribution >= 4 is 63.4 Å². The third-order valence-corrected chi connectivity index (χ3v) is 1.22. The molecule has 0 unspecified atom stereocenters. The van der Waals surface area contributed by atoms with E-state index in [4.69, 9.17) is 5.11 Å². The average Bonchev–Trinajstić information content (AvgIpc) is 2.03. The molecule has 1 rings (SSSR count). The predicted molar refractivity (Wildman–Crippen MR) is 50.3 cm³/mol. The van der Waals surface area contributed by atoms with Crippen LogP contribution in [0.5, 0.6) is 0 Å². The molecular weight excluding hydrogens is 179 g/mol. The Morgan fingerprint density at radius 1 is 1.25 bits per heavy atom. The van der Waals surface area contributed by atoms with Gasteiger partial charge < -0.3 is 5.11 Å². The second kappa shape index (κ2) is 6.57. The second-order valence-electron chi connectivity index (χ2n) is 2.08. The number of benzene rings is 1. The Labute approximate surface area is 114 Å². The molecule has 0 spiro atoms. The van der Waals surface area contributed by atoms with Crippen LogP contribution in [-0.2, 0) is 4.79 Å². The fourth-order valence-electron chi connectivity index (χ4n) is 0.732. The van der Waals surface area contributed by atoms with E-state index in [0.717, 1.165) is 11.6 Å². The van der Waals surface area contributed by atoms with Crippen molar-refractivity contribution in [2.45, 2.75) is 0 Å². The van der Waals surface area contributed by atoms with E-state index in [1.54, 1.807) is 6.08 Å². The third kappa shape index (κ3) is 4.85. The minimum absolute atomic E-state index is 0. The van der Waals surface area contributed by atoms with Gasteiger partial charge in [-0.2, -0.15) is 0 Å². The first-order valence-electron chi connectivity index (χ1n) is 3.25. The van der Waals surface area contributed by atoms with Crippen LogP contribution in [-0.4, -0.2) is 62.5 Å². The van der Waals surface area contributed by atoms with Crippen LogP contribution >= 0.6 is 0 Å². The first kappa shape index (κ1) is 12.1. The van der Waals surface area contributed by atoms with Crippen LogP contribution in [0, 0.1) is 0 Å². The number of rotatable bonds is 2. The van der Waals surface area contributed by atoms with E-state index in [1.165, 1.54) is 0 Å². The molecule has 2 nitrogen and oxygen atoms in total. The Bertz CT molecular complexity index is 267. The zero-order chi connectivity index (χ0) is 8.10. The number of hydrogen-bond donors (Lipinski definition) is 1. The van der Waals surface area contributed by atoms with E-state index in [0.29, 0.717) is 0 Å². The summed E-state index contributed by atoms with van der Waals surface area (Å²) in [4.78, 5) is 10.1. The molecule has 0 aliphatic rings. The van der Waals surface area contributed by atoms with Crippen LogP contribution in [0.15, 0.2) is 36.4 Å². The molecule has 0 aliphatic carbocycles. The molecule has 1 aromatic carbocycles. The van der Waals surface area contributed by atoms with Crippen molar-refractivity contribution in [3.05, 3.63) is 42.0 Å². The van der Waals surface area contributed by atoms with Gasteiger partial charge in [-0.3, -0.25) is 0 Å². The molecule has 0 amide bonds. The Morgan fingerprint density at radius 2 is 1.83 bits per heavy atom. The summed E-state index contributed by atoms with van der Waals surface area (Å²) in [6.07, 6.45) is 2.68. The van der Waals surface area contributed by atoms with Crippen molar-refractivity contribution in [1.29, 1.82) is 0 Å². The molecule has 0 saturated carbocycles. The van der Waals surface area contributed by atoms with Crippen molar-refractivity contribution in [2.24, 2.45) is 0 Å². The van der Waals surface area contributed by atoms with Crippen LogP contribution in [0.3, 0.4) is 0 Å². The summed E-state index contributed by atoms with van der Waals surface area (Å²) in [5.41, 5.74) is 0.898. The van der Waals surface area contributed by atoms with Gasteiger partial charge in [0, 0.05) is 6.08 Å². The Hall–Kier alpha value is 0.0664. The van der Waals surface area contributed by atoms with E-state index < -0.39 is 5.97 Å². The first-order valence-corrected chi connectivity index (χ1v) is 3.25. The quantitative estimate of drug-likeness (QED) is 0.558. The molecule has 1 aromatic rings. The van der Waals surface area contributed by atoms with Crippen LogP contribution in [0.1, 0.15) is 5.56 Å². The van der Waals surface area contributed by atoms with Gasteiger partial charge in [-0.1, -0.05) is 30.3 Å². The standard InChI is InChI=1S/C9H8O2.K.H/c10-9(11)7-6-8-4-2-1-3-5-8;;/h1-7H,(H,10,11);;. The van der Waals surface area contributed by atoms with Gasteiger partial charge >= 0.3 is 57.4 Å². The van der Waals surface area contributed by atoms with Gasteiger partial charge in [0.25, 0.3) is 0 Å². The Balaban J connectivity index is 0.00000121. The molecule has 58 valence electrons. The van der Waals surface area contributed by atoms with E-state index in [9.17, 15) is 4.79 Å². The number of carboxylic acids is 1. The summed E-state index contributed by atoms with van der Waals surface area (Å²) in [6.45, 7) is 0. The molecule has 0 fully saturated rings. The number of carbonyl (C=O) groups is 1. The van der Waals surface area contributed by atoms with Gasteiger partial charge in [0.05, 0.1) is 0 Å². The van der Waals surface area contributed by atoms with Gasteiger partial charge in [-0.05, 0) is 11.6 Å². The zero-order valence-electron chi connectivity index (χ0n) is 5.90. The molecule has 1 N–H and O–H groups in total. The molecule has 0 bridgehead atoms. The topological polar surface area (TPSA) is 37.3 Å². The van der Waals surface area contributed by atoms with Gasteiger partial charge in [-0.25, -0.2) is 4.79 Å². The summed E-state index contributed by atoms with van der Waals surface area (Å²) in [5, 5.41) is 8.29. The van der Waals surface area contributed by atoms with Crippen molar-refractivity contribution in [3.8, 4) is 0 Å². The second-order valence-corrected chi connectivity index (χ2v) is 2.08. The first-order chi connectivity index (χ1) is 5.29. The van der Waals surface area contributed by atoms with Crippen LogP contribution < -0.4 is 0 Å². The summed E-state index contributed by atoms with van der Waals surface area (Å²) >= 11 is 0. The Morgan fingerprint density at radius 3 is 2.33 bits per heavy atom. The van der Waals surface area contributed by atoms with E-state index in [1.807, 2.05) is 30.3 Å². The summed E-state index contributed by atoms with van der Waals surface area (Å²) in [5.74, 6) is -0.922. The Kier molecular flexibility index (Phi) is 6.60. The molecule has 0 aliphatic heterocycles. The molecule has 0 heterocycles. The van der Waals surface area contributed by atoms with Crippen molar-refractivity contribution in [2.75, 3.05) is 0 Å². The van der Waals surface area contributed by atoms with Crippen LogP contribution in [0.4, 0.5) is 0 Å². The van der Waals surface area contributed by atoms with Crippen molar-refractivity contribution < 1.29 is 9.90 Å². The molecule has 12 heavy (non-hydrogen) atoms. The summed E-state index contributed by atoms with van der Waals surface area (Å²) in [7, 11) is 0. The molecule has 0 aromatic heterocycles. The van der Waals surface area contributed by atoms with Gasteiger partial charge in [-0.15, -0.1) is 0 Å². The fraction of sp³-hybridized carbons (Fsp3) is 0. The third-order valence-electron chi connectivity index (χ3n) is 1.22. The number of aliphatic carboxylic acids is 1. The normalized spacial score (nSPS) is 9.33. The van der Waals surface area contributed by atoms with Crippen molar-refractivity contribution in [3.63, 3.8) is 0 Å². The molecule has 0 atom stereocenters. The number of carboxylic acid groups (broad SMARTS) is 1. The van der Waals surface area contributed by atoms with Crippen molar-refractivity contribution in [1.82, 2.24) is 0 Å². The monoisotopic (exact) mass is 188 g/mol. The van der Waals surface area contributed by atoms with E-state index in [-0.39, 0.29) is 51.4 Å². The van der Waals surface area contributed by atoms with Gasteiger partial charge in [0.2, 0.25) is 0 Å². The molecule has 0 saturated heterocycles. The fourth-order valence-corrected chi connectivity index (χ4v) is 0.732. The molecule has 3 heteroatoms.